The minimum atomic E-state index is -0.257. The van der Waals surface area contributed by atoms with Gasteiger partial charge in [0.15, 0.2) is 0 Å². The third-order valence-corrected chi connectivity index (χ3v) is 2.86. The van der Waals surface area contributed by atoms with Crippen LogP contribution >= 0.6 is 0 Å². The summed E-state index contributed by atoms with van der Waals surface area (Å²) in [6, 6.07) is 6.23. The molecule has 0 saturated carbocycles. The van der Waals surface area contributed by atoms with Gasteiger partial charge in [-0.25, -0.2) is 0 Å². The number of carbonyl (C=O) groups excluding carboxylic acids is 1. The first-order valence-corrected chi connectivity index (χ1v) is 6.26. The minimum absolute atomic E-state index is 0.159. The van der Waals surface area contributed by atoms with Gasteiger partial charge >= 0.3 is 5.97 Å². The highest BCUT2D eigenvalue weighted by molar-refractivity contribution is 5.72. The summed E-state index contributed by atoms with van der Waals surface area (Å²) >= 11 is 0. The van der Waals surface area contributed by atoms with Crippen LogP contribution in [0.5, 0.6) is 0 Å². The van der Waals surface area contributed by atoms with E-state index in [1.165, 1.54) is 11.1 Å². The van der Waals surface area contributed by atoms with Crippen LogP contribution in [0, 0.1) is 11.8 Å². The van der Waals surface area contributed by atoms with Crippen LogP contribution in [0.15, 0.2) is 18.2 Å². The first kappa shape index (κ1) is 12.7. The lowest BCUT2D eigenvalue weighted by molar-refractivity contribution is -0.141. The van der Waals surface area contributed by atoms with E-state index in [1.807, 2.05) is 6.07 Å². The first-order chi connectivity index (χ1) is 8.79. The molecule has 3 heteroatoms. The molecule has 1 aromatic carbocycles. The van der Waals surface area contributed by atoms with Crippen molar-refractivity contribution in [2.75, 3.05) is 13.2 Å². The second-order valence-electron chi connectivity index (χ2n) is 4.19. The Hall–Kier alpha value is -1.79. The van der Waals surface area contributed by atoms with Crippen molar-refractivity contribution in [1.82, 2.24) is 5.32 Å². The number of ether oxygens (including phenoxy) is 1. The lowest BCUT2D eigenvalue weighted by Crippen LogP contribution is -2.23. The van der Waals surface area contributed by atoms with Gasteiger partial charge in [-0.3, -0.25) is 4.79 Å². The standard InChI is InChI=1S/C15H17NO2/c1-2-18-15(17)5-3-4-12-6-7-14-11-16-9-8-13(14)10-12/h6-7,10,16H,2,5,8-9,11H2,1H3. The first-order valence-electron chi connectivity index (χ1n) is 6.26. The Morgan fingerprint density at radius 3 is 3.17 bits per heavy atom. The van der Waals surface area contributed by atoms with E-state index in [4.69, 9.17) is 4.74 Å². The number of benzene rings is 1. The summed E-state index contributed by atoms with van der Waals surface area (Å²) in [5.41, 5.74) is 3.67. The Morgan fingerprint density at radius 2 is 2.33 bits per heavy atom. The maximum absolute atomic E-state index is 11.1. The second kappa shape index (κ2) is 6.23. The highest BCUT2D eigenvalue weighted by atomic mass is 16.5. The van der Waals surface area contributed by atoms with Gasteiger partial charge in [0.05, 0.1) is 6.61 Å². The molecule has 2 rings (SSSR count). The molecular formula is C15H17NO2. The predicted molar refractivity (Wildman–Crippen MR) is 70.0 cm³/mol. The summed E-state index contributed by atoms with van der Waals surface area (Å²) in [5, 5.41) is 3.34. The zero-order chi connectivity index (χ0) is 12.8. The summed E-state index contributed by atoms with van der Waals surface area (Å²) in [5.74, 6) is 5.61. The van der Waals surface area contributed by atoms with E-state index in [0.29, 0.717) is 6.61 Å². The molecule has 0 fully saturated rings. The summed E-state index contributed by atoms with van der Waals surface area (Å²) in [6.07, 6.45) is 1.20. The molecule has 0 radical (unpaired) electrons. The zero-order valence-corrected chi connectivity index (χ0v) is 10.6. The Balaban J connectivity index is 2.02. The molecule has 94 valence electrons. The van der Waals surface area contributed by atoms with Crippen molar-refractivity contribution in [1.29, 1.82) is 0 Å². The van der Waals surface area contributed by atoms with E-state index >= 15 is 0 Å². The highest BCUT2D eigenvalue weighted by Gasteiger charge is 2.07. The molecule has 3 nitrogen and oxygen atoms in total. The fourth-order valence-electron chi connectivity index (χ4n) is 1.99. The molecule has 1 heterocycles. The van der Waals surface area contributed by atoms with Gasteiger partial charge in [-0.2, -0.15) is 0 Å². The quantitative estimate of drug-likeness (QED) is 0.634. The molecule has 0 aliphatic carbocycles. The monoisotopic (exact) mass is 243 g/mol. The van der Waals surface area contributed by atoms with Crippen molar-refractivity contribution in [2.45, 2.75) is 26.3 Å². The molecule has 1 aliphatic heterocycles. The van der Waals surface area contributed by atoms with Crippen LogP contribution in [0.1, 0.15) is 30.0 Å². The van der Waals surface area contributed by atoms with Gasteiger partial charge in [-0.05, 0) is 43.1 Å². The number of carbonyl (C=O) groups is 1. The van der Waals surface area contributed by atoms with Crippen molar-refractivity contribution >= 4 is 5.97 Å². The minimum Gasteiger partial charge on any atom is -0.465 e. The lowest BCUT2D eigenvalue weighted by Gasteiger charge is -2.16. The average molecular weight is 243 g/mol. The summed E-state index contributed by atoms with van der Waals surface area (Å²) in [4.78, 5) is 11.1. The number of nitrogens with one attached hydrogen (secondary N) is 1. The second-order valence-corrected chi connectivity index (χ2v) is 4.19. The molecule has 0 bridgehead atoms. The molecule has 0 spiro atoms. The maximum atomic E-state index is 11.1. The average Bonchev–Trinajstić information content (AvgIpc) is 2.39. The topological polar surface area (TPSA) is 38.3 Å². The van der Waals surface area contributed by atoms with Crippen LogP contribution in [0.25, 0.3) is 0 Å². The van der Waals surface area contributed by atoms with Crippen molar-refractivity contribution < 1.29 is 9.53 Å². The Bertz CT molecular complexity index is 497. The molecule has 1 aromatic rings. The molecule has 0 amide bonds. The van der Waals surface area contributed by atoms with Crippen LogP contribution in [0.2, 0.25) is 0 Å². The van der Waals surface area contributed by atoms with E-state index in [9.17, 15) is 4.79 Å². The van der Waals surface area contributed by atoms with Gasteiger partial charge in [0.1, 0.15) is 6.42 Å². The number of hydrogen-bond donors (Lipinski definition) is 1. The Morgan fingerprint density at radius 1 is 1.44 bits per heavy atom. The summed E-state index contributed by atoms with van der Waals surface area (Å²) < 4.78 is 4.82. The summed E-state index contributed by atoms with van der Waals surface area (Å²) in [7, 11) is 0. The molecule has 1 aliphatic rings. The summed E-state index contributed by atoms with van der Waals surface area (Å²) in [6.45, 7) is 4.16. The fraction of sp³-hybridized carbons (Fsp3) is 0.400. The molecule has 0 aromatic heterocycles. The van der Waals surface area contributed by atoms with Gasteiger partial charge in [-0.15, -0.1) is 0 Å². The zero-order valence-electron chi connectivity index (χ0n) is 10.6. The van der Waals surface area contributed by atoms with Crippen molar-refractivity contribution in [2.24, 2.45) is 0 Å². The largest absolute Gasteiger partial charge is 0.465 e. The maximum Gasteiger partial charge on any atom is 0.317 e. The van der Waals surface area contributed by atoms with Crippen LogP contribution in [-0.4, -0.2) is 19.1 Å². The Labute approximate surface area is 108 Å². The molecule has 0 unspecified atom stereocenters. The number of fused-ring (bicyclic) bond motifs is 1. The van der Waals surface area contributed by atoms with Gasteiger partial charge in [0.2, 0.25) is 0 Å². The molecule has 0 atom stereocenters. The molecule has 18 heavy (non-hydrogen) atoms. The number of esters is 1. The normalized spacial score (nSPS) is 13.2. The van der Waals surface area contributed by atoms with Gasteiger partial charge < -0.3 is 10.1 Å². The third kappa shape index (κ3) is 3.35. The van der Waals surface area contributed by atoms with Gasteiger partial charge in [-0.1, -0.05) is 17.9 Å². The Kier molecular flexibility index (Phi) is 4.38. The molecule has 1 N–H and O–H groups in total. The predicted octanol–water partition coefficient (Wildman–Crippen LogP) is 1.64. The number of rotatable bonds is 2. The highest BCUT2D eigenvalue weighted by Crippen LogP contribution is 2.15. The van der Waals surface area contributed by atoms with Gasteiger partial charge in [0, 0.05) is 12.1 Å². The van der Waals surface area contributed by atoms with Crippen LogP contribution in [0.4, 0.5) is 0 Å². The smallest absolute Gasteiger partial charge is 0.317 e. The third-order valence-electron chi connectivity index (χ3n) is 2.86. The van der Waals surface area contributed by atoms with Crippen LogP contribution in [-0.2, 0) is 22.5 Å². The van der Waals surface area contributed by atoms with Crippen molar-refractivity contribution in [3.05, 3.63) is 34.9 Å². The van der Waals surface area contributed by atoms with E-state index in [-0.39, 0.29) is 12.4 Å². The van der Waals surface area contributed by atoms with Crippen molar-refractivity contribution in [3.8, 4) is 11.8 Å². The van der Waals surface area contributed by atoms with Gasteiger partial charge in [0.25, 0.3) is 0 Å². The van der Waals surface area contributed by atoms with E-state index in [1.54, 1.807) is 6.92 Å². The lowest BCUT2D eigenvalue weighted by atomic mass is 9.98. The molecule has 0 saturated heterocycles. The van der Waals surface area contributed by atoms with E-state index in [0.717, 1.165) is 25.1 Å². The number of hydrogen-bond acceptors (Lipinski definition) is 3. The molecular weight excluding hydrogens is 226 g/mol. The van der Waals surface area contributed by atoms with Crippen LogP contribution < -0.4 is 5.32 Å². The van der Waals surface area contributed by atoms with E-state index < -0.39 is 0 Å². The fourth-order valence-corrected chi connectivity index (χ4v) is 1.99. The van der Waals surface area contributed by atoms with E-state index in [2.05, 4.69) is 29.3 Å². The van der Waals surface area contributed by atoms with Crippen LogP contribution in [0.3, 0.4) is 0 Å². The van der Waals surface area contributed by atoms with Crippen molar-refractivity contribution in [3.63, 3.8) is 0 Å². The SMILES string of the molecule is CCOC(=O)CC#Cc1ccc2c(c1)CCNC2.